The lowest BCUT2D eigenvalue weighted by molar-refractivity contribution is 0.457. The highest BCUT2D eigenvalue weighted by molar-refractivity contribution is 5.86. The molecule has 0 aliphatic rings. The minimum atomic E-state index is -0.536. The molecule has 2 N–H and O–H groups in total. The zero-order valence-corrected chi connectivity index (χ0v) is 23.7. The number of aromatic nitrogens is 8. The molecule has 0 saturated heterocycles. The van der Waals surface area contributed by atoms with Crippen LogP contribution in [0.5, 0.6) is 11.5 Å². The molecule has 0 aliphatic heterocycles. The van der Waals surface area contributed by atoms with Gasteiger partial charge in [-0.2, -0.15) is 10.2 Å². The molecule has 0 bridgehead atoms. The number of para-hydroxylation sites is 2. The van der Waals surface area contributed by atoms with Crippen LogP contribution >= 0.6 is 0 Å². The number of hydrogen-bond donors (Lipinski definition) is 2. The molecular formula is C29H31N11O2. The number of anilines is 1. The van der Waals surface area contributed by atoms with Crippen LogP contribution in [-0.2, 0) is 0 Å². The maximum atomic E-state index is 11.6. The average molecular weight is 566 g/mol. The van der Waals surface area contributed by atoms with Crippen LogP contribution in [0.1, 0.15) is 58.7 Å². The Morgan fingerprint density at radius 1 is 0.810 bits per heavy atom. The van der Waals surface area contributed by atoms with E-state index in [1.807, 2.05) is 49.5 Å². The molecule has 5 aromatic rings. The van der Waals surface area contributed by atoms with Crippen molar-refractivity contribution in [3.8, 4) is 11.5 Å². The number of tetrazole rings is 2. The van der Waals surface area contributed by atoms with Crippen molar-refractivity contribution in [2.45, 2.75) is 33.1 Å². The number of nitrogens with zero attached hydrogens (tertiary/aromatic N) is 11. The normalized spacial score (nSPS) is 12.4. The van der Waals surface area contributed by atoms with Gasteiger partial charge in [-0.1, -0.05) is 43.3 Å². The van der Waals surface area contributed by atoms with Crippen molar-refractivity contribution < 1.29 is 10.2 Å². The molecule has 5 rings (SSSR count). The zero-order chi connectivity index (χ0) is 29.6. The minimum absolute atomic E-state index is 0.0204. The van der Waals surface area contributed by atoms with Gasteiger partial charge >= 0.3 is 0 Å². The Morgan fingerprint density at radius 3 is 1.81 bits per heavy atom. The first-order valence-electron chi connectivity index (χ1n) is 13.4. The first kappa shape index (κ1) is 28.1. The molecule has 0 aliphatic carbocycles. The van der Waals surface area contributed by atoms with Crippen LogP contribution in [0.3, 0.4) is 0 Å². The van der Waals surface area contributed by atoms with E-state index in [-0.39, 0.29) is 11.5 Å². The highest BCUT2D eigenvalue weighted by Crippen LogP contribution is 2.42. The molecule has 0 atom stereocenters. The van der Waals surface area contributed by atoms with Crippen molar-refractivity contribution in [3.63, 3.8) is 0 Å². The van der Waals surface area contributed by atoms with Crippen LogP contribution in [0.25, 0.3) is 0 Å². The van der Waals surface area contributed by atoms with E-state index in [4.69, 9.17) is 0 Å². The van der Waals surface area contributed by atoms with Crippen molar-refractivity contribution in [2.75, 3.05) is 18.5 Å². The van der Waals surface area contributed by atoms with E-state index < -0.39 is 5.92 Å². The van der Waals surface area contributed by atoms with Crippen molar-refractivity contribution >= 4 is 18.1 Å². The Hall–Kier alpha value is -5.46. The second-order valence-electron chi connectivity index (χ2n) is 9.74. The summed E-state index contributed by atoms with van der Waals surface area (Å²) in [6.07, 6.45) is 4.00. The summed E-state index contributed by atoms with van der Waals surface area (Å²) < 4.78 is 0. The standard InChI is InChI=1S/C29H31N11O2/c1-5-15-38(4)24-12-6-9-21(16-24)27(25-13-7-10-22(28(25)41)17-30-39-19(2)32-34-36-39)26-14-8-11-23(29(26)42)18-31-40-20(3)33-35-37-40/h6-14,16-18,27,41-42H,5,15H2,1-4H3. The molecule has 2 heterocycles. The van der Waals surface area contributed by atoms with Crippen LogP contribution in [0, 0.1) is 13.8 Å². The Morgan fingerprint density at radius 2 is 1.33 bits per heavy atom. The Labute approximate surface area is 242 Å². The third-order valence-electron chi connectivity index (χ3n) is 6.84. The Kier molecular flexibility index (Phi) is 8.27. The van der Waals surface area contributed by atoms with E-state index >= 15 is 0 Å². The highest BCUT2D eigenvalue weighted by Gasteiger charge is 2.25. The molecule has 214 valence electrons. The maximum Gasteiger partial charge on any atom is 0.173 e. The third-order valence-corrected chi connectivity index (χ3v) is 6.84. The largest absolute Gasteiger partial charge is 0.507 e. The second-order valence-corrected chi connectivity index (χ2v) is 9.74. The van der Waals surface area contributed by atoms with E-state index in [9.17, 15) is 10.2 Å². The van der Waals surface area contributed by atoms with Crippen LogP contribution < -0.4 is 4.90 Å². The van der Waals surface area contributed by atoms with Gasteiger partial charge < -0.3 is 15.1 Å². The van der Waals surface area contributed by atoms with Crippen molar-refractivity contribution in [1.29, 1.82) is 0 Å². The minimum Gasteiger partial charge on any atom is -0.507 e. The van der Waals surface area contributed by atoms with E-state index in [1.54, 1.807) is 26.0 Å². The molecule has 0 amide bonds. The predicted molar refractivity (Wildman–Crippen MR) is 158 cm³/mol. The van der Waals surface area contributed by atoms with Gasteiger partial charge in [-0.05, 0) is 71.0 Å². The monoisotopic (exact) mass is 565 g/mol. The SMILES string of the molecule is CCCN(C)c1cccc(C(c2cccc(C=Nn3nnnc3C)c2O)c2cccc(C=Nn3nnnc3C)c2O)c1. The molecule has 42 heavy (non-hydrogen) atoms. The second kappa shape index (κ2) is 12.4. The van der Waals surface area contributed by atoms with E-state index in [1.165, 1.54) is 22.0 Å². The summed E-state index contributed by atoms with van der Waals surface area (Å²) in [5, 5.41) is 54.3. The molecule has 0 unspecified atom stereocenters. The Balaban J connectivity index is 1.64. The zero-order valence-electron chi connectivity index (χ0n) is 23.7. The number of aryl methyl sites for hydroxylation is 2. The maximum absolute atomic E-state index is 11.6. The summed E-state index contributed by atoms with van der Waals surface area (Å²) in [5.74, 6) is 0.520. The van der Waals surface area contributed by atoms with Crippen LogP contribution in [0.2, 0.25) is 0 Å². The van der Waals surface area contributed by atoms with Gasteiger partial charge in [0.15, 0.2) is 11.6 Å². The molecule has 0 radical (unpaired) electrons. The van der Waals surface area contributed by atoms with Crippen molar-refractivity contribution in [3.05, 3.63) is 100 Å². The molecule has 0 spiro atoms. The van der Waals surface area contributed by atoms with E-state index in [0.29, 0.717) is 33.9 Å². The van der Waals surface area contributed by atoms with Gasteiger partial charge in [0.1, 0.15) is 11.5 Å². The smallest absolute Gasteiger partial charge is 0.173 e. The molecule has 2 aromatic heterocycles. The lowest BCUT2D eigenvalue weighted by Gasteiger charge is -2.25. The summed E-state index contributed by atoms with van der Waals surface area (Å²) in [6, 6.07) is 19.0. The average Bonchev–Trinajstić information content (AvgIpc) is 3.60. The van der Waals surface area contributed by atoms with Crippen LogP contribution in [0.4, 0.5) is 5.69 Å². The molecular weight excluding hydrogens is 534 g/mol. The molecule has 0 saturated carbocycles. The number of aromatic hydroxyl groups is 2. The summed E-state index contributed by atoms with van der Waals surface area (Å²) in [5.41, 5.74) is 4.02. The van der Waals surface area contributed by atoms with E-state index in [2.05, 4.69) is 59.1 Å². The van der Waals surface area contributed by atoms with Gasteiger partial charge in [-0.25, -0.2) is 0 Å². The number of hydrogen-bond acceptors (Lipinski definition) is 11. The molecule has 3 aromatic carbocycles. The first-order chi connectivity index (χ1) is 20.4. The topological polar surface area (TPSA) is 156 Å². The third kappa shape index (κ3) is 5.84. The highest BCUT2D eigenvalue weighted by atomic mass is 16.3. The molecule has 13 nitrogen and oxygen atoms in total. The van der Waals surface area contributed by atoms with Crippen LogP contribution in [-0.4, -0.2) is 76.9 Å². The quantitative estimate of drug-likeness (QED) is 0.191. The van der Waals surface area contributed by atoms with Gasteiger partial charge in [0.2, 0.25) is 0 Å². The van der Waals surface area contributed by atoms with Gasteiger partial charge in [-0.3, -0.25) is 0 Å². The van der Waals surface area contributed by atoms with E-state index in [0.717, 1.165) is 24.2 Å². The summed E-state index contributed by atoms with van der Waals surface area (Å²) >= 11 is 0. The first-order valence-corrected chi connectivity index (χ1v) is 13.4. The van der Waals surface area contributed by atoms with Gasteiger partial charge in [0.25, 0.3) is 0 Å². The molecule has 13 heteroatoms. The molecule has 0 fully saturated rings. The number of phenolic OH excluding ortho intramolecular Hbond substituents is 2. The summed E-state index contributed by atoms with van der Waals surface area (Å²) in [7, 11) is 2.04. The van der Waals surface area contributed by atoms with Gasteiger partial charge in [0, 0.05) is 47.5 Å². The number of phenols is 2. The Bertz CT molecular complexity index is 1640. The fourth-order valence-electron chi connectivity index (χ4n) is 4.67. The lowest BCUT2D eigenvalue weighted by atomic mass is 9.82. The fourth-order valence-corrected chi connectivity index (χ4v) is 4.67. The predicted octanol–water partition coefficient (Wildman–Crippen LogP) is 3.48. The fraction of sp³-hybridized carbons (Fsp3) is 0.241. The van der Waals surface area contributed by atoms with Gasteiger partial charge in [0.05, 0.1) is 12.4 Å². The number of benzene rings is 3. The summed E-state index contributed by atoms with van der Waals surface area (Å²) in [6.45, 7) is 6.47. The summed E-state index contributed by atoms with van der Waals surface area (Å²) in [4.78, 5) is 4.73. The van der Waals surface area contributed by atoms with Crippen LogP contribution in [0.15, 0.2) is 70.9 Å². The van der Waals surface area contributed by atoms with Crippen molar-refractivity contribution in [2.24, 2.45) is 10.2 Å². The van der Waals surface area contributed by atoms with Gasteiger partial charge in [-0.15, -0.1) is 19.8 Å². The lowest BCUT2D eigenvalue weighted by Crippen LogP contribution is -2.18. The van der Waals surface area contributed by atoms with Crippen molar-refractivity contribution in [1.82, 2.24) is 40.6 Å². The number of rotatable bonds is 10.